The molecular weight excluding hydrogens is 378 g/mol. The van der Waals surface area contributed by atoms with Crippen LogP contribution in [0, 0.1) is 0 Å². The second-order valence-electron chi connectivity index (χ2n) is 6.22. The molecule has 0 saturated heterocycles. The molecule has 0 saturated carbocycles. The maximum atomic E-state index is 12.1. The number of ketones is 1. The van der Waals surface area contributed by atoms with Gasteiger partial charge in [0.2, 0.25) is 5.91 Å². The largest absolute Gasteiger partial charge is 0.494 e. The summed E-state index contributed by atoms with van der Waals surface area (Å²) < 4.78 is 7.40. The molecule has 1 aromatic heterocycles. The monoisotopic (exact) mass is 397 g/mol. The van der Waals surface area contributed by atoms with E-state index in [2.05, 4.69) is 10.3 Å². The van der Waals surface area contributed by atoms with E-state index in [-0.39, 0.29) is 11.7 Å². The van der Waals surface area contributed by atoms with Crippen LogP contribution in [-0.2, 0) is 4.79 Å². The summed E-state index contributed by atoms with van der Waals surface area (Å²) in [7, 11) is 0. The quantitative estimate of drug-likeness (QED) is 0.447. The molecule has 144 valence electrons. The molecule has 0 unspecified atom stereocenters. The second-order valence-corrected chi connectivity index (χ2v) is 6.62. The number of amides is 1. The smallest absolute Gasteiger partial charge is 0.224 e. The van der Waals surface area contributed by atoms with Crippen LogP contribution in [0.25, 0.3) is 5.69 Å². The molecule has 1 N–H and O–H groups in total. The van der Waals surface area contributed by atoms with Gasteiger partial charge in [0.15, 0.2) is 5.78 Å². The fourth-order valence-electron chi connectivity index (χ4n) is 2.63. The maximum absolute atomic E-state index is 12.1. The predicted octanol–water partition coefficient (Wildman–Crippen LogP) is 4.53. The topological polar surface area (TPSA) is 73.2 Å². The van der Waals surface area contributed by atoms with Crippen LogP contribution in [0.2, 0.25) is 5.02 Å². The number of carbonyl (C=O) groups excluding carboxylic acids is 2. The normalized spacial score (nSPS) is 10.5. The highest BCUT2D eigenvalue weighted by Gasteiger charge is 2.07. The first-order valence-corrected chi connectivity index (χ1v) is 9.22. The van der Waals surface area contributed by atoms with Crippen molar-refractivity contribution in [1.82, 2.24) is 9.55 Å². The lowest BCUT2D eigenvalue weighted by atomic mass is 10.1. The molecule has 0 spiro atoms. The average Bonchev–Trinajstić information content (AvgIpc) is 3.20. The van der Waals surface area contributed by atoms with Gasteiger partial charge in [0, 0.05) is 30.1 Å². The molecule has 0 atom stereocenters. The lowest BCUT2D eigenvalue weighted by Gasteiger charge is -2.10. The van der Waals surface area contributed by atoms with Crippen LogP contribution in [0.1, 0.15) is 30.1 Å². The summed E-state index contributed by atoms with van der Waals surface area (Å²) in [5.74, 6) is 0.579. The van der Waals surface area contributed by atoms with Crippen molar-refractivity contribution in [2.24, 2.45) is 0 Å². The second kappa shape index (κ2) is 9.19. The first-order chi connectivity index (χ1) is 13.5. The average molecular weight is 398 g/mol. The minimum Gasteiger partial charge on any atom is -0.494 e. The number of nitrogens with one attached hydrogen (secondary N) is 1. The number of imidazole rings is 1. The Morgan fingerprint density at radius 1 is 1.18 bits per heavy atom. The van der Waals surface area contributed by atoms with Gasteiger partial charge in [0.25, 0.3) is 0 Å². The first-order valence-electron chi connectivity index (χ1n) is 8.84. The zero-order valence-corrected chi connectivity index (χ0v) is 16.1. The van der Waals surface area contributed by atoms with Crippen LogP contribution >= 0.6 is 11.6 Å². The molecule has 0 bridgehead atoms. The summed E-state index contributed by atoms with van der Waals surface area (Å²) in [6.45, 7) is 1.93. The number of aromatic nitrogens is 2. The first kappa shape index (κ1) is 19.6. The Morgan fingerprint density at radius 3 is 2.61 bits per heavy atom. The SMILES string of the molecule is CC(=O)c1ccc(OCCCC(=O)Nc2ccc(-n3ccnc3)c(Cl)c2)cc1. The van der Waals surface area contributed by atoms with E-state index in [1.165, 1.54) is 6.92 Å². The number of ether oxygens (including phenoxy) is 1. The molecule has 1 amide bonds. The van der Waals surface area contributed by atoms with E-state index in [4.69, 9.17) is 16.3 Å². The van der Waals surface area contributed by atoms with E-state index >= 15 is 0 Å². The third-order valence-electron chi connectivity index (χ3n) is 4.09. The highest BCUT2D eigenvalue weighted by molar-refractivity contribution is 6.32. The molecule has 0 fully saturated rings. The van der Waals surface area contributed by atoms with Gasteiger partial charge in [-0.3, -0.25) is 9.59 Å². The van der Waals surface area contributed by atoms with Crippen molar-refractivity contribution < 1.29 is 14.3 Å². The molecule has 6 nitrogen and oxygen atoms in total. The van der Waals surface area contributed by atoms with Gasteiger partial charge in [-0.1, -0.05) is 11.6 Å². The van der Waals surface area contributed by atoms with Crippen molar-refractivity contribution in [3.63, 3.8) is 0 Å². The van der Waals surface area contributed by atoms with Crippen molar-refractivity contribution in [1.29, 1.82) is 0 Å². The maximum Gasteiger partial charge on any atom is 0.224 e. The summed E-state index contributed by atoms with van der Waals surface area (Å²) in [4.78, 5) is 27.3. The molecule has 0 radical (unpaired) electrons. The zero-order valence-electron chi connectivity index (χ0n) is 15.4. The standard InChI is InChI=1S/C21H20ClN3O3/c1-15(26)16-4-7-18(8-5-16)28-12-2-3-21(27)24-17-6-9-20(19(22)13-17)25-11-10-23-14-25/h4-11,13-14H,2-3,12H2,1H3,(H,24,27). The molecule has 28 heavy (non-hydrogen) atoms. The molecule has 1 heterocycles. The number of rotatable bonds is 8. The van der Waals surface area contributed by atoms with E-state index in [9.17, 15) is 9.59 Å². The highest BCUT2D eigenvalue weighted by atomic mass is 35.5. The number of anilines is 1. The predicted molar refractivity (Wildman–Crippen MR) is 108 cm³/mol. The summed E-state index contributed by atoms with van der Waals surface area (Å²) in [6, 6.07) is 12.3. The Labute approximate surface area is 168 Å². The van der Waals surface area contributed by atoms with Crippen molar-refractivity contribution in [3.8, 4) is 11.4 Å². The lowest BCUT2D eigenvalue weighted by Crippen LogP contribution is -2.13. The molecule has 0 aliphatic carbocycles. The summed E-state index contributed by atoms with van der Waals surface area (Å²) >= 11 is 6.29. The van der Waals surface area contributed by atoms with E-state index in [0.717, 1.165) is 5.69 Å². The Kier molecular flexibility index (Phi) is 6.45. The van der Waals surface area contributed by atoms with E-state index in [0.29, 0.717) is 41.5 Å². The third-order valence-corrected chi connectivity index (χ3v) is 4.39. The number of halogens is 1. The van der Waals surface area contributed by atoms with Crippen molar-refractivity contribution in [3.05, 3.63) is 71.8 Å². The number of Topliss-reactive ketones (excluding diaryl/α,β-unsaturated/α-hetero) is 1. The fourth-order valence-corrected chi connectivity index (χ4v) is 2.91. The van der Waals surface area contributed by atoms with Crippen LogP contribution in [0.4, 0.5) is 5.69 Å². The van der Waals surface area contributed by atoms with E-state index < -0.39 is 0 Å². The van der Waals surface area contributed by atoms with Gasteiger partial charge in [0.05, 0.1) is 23.6 Å². The molecule has 3 rings (SSSR count). The van der Waals surface area contributed by atoms with Crippen molar-refractivity contribution in [2.75, 3.05) is 11.9 Å². The molecule has 0 aliphatic rings. The number of benzene rings is 2. The van der Waals surface area contributed by atoms with Gasteiger partial charge in [-0.05, 0) is 55.8 Å². The number of nitrogens with zero attached hydrogens (tertiary/aromatic N) is 2. The Bertz CT molecular complexity index is 954. The summed E-state index contributed by atoms with van der Waals surface area (Å²) in [5, 5.41) is 3.35. The lowest BCUT2D eigenvalue weighted by molar-refractivity contribution is -0.116. The number of carbonyl (C=O) groups is 2. The fraction of sp³-hybridized carbons (Fsp3) is 0.190. The zero-order chi connectivity index (χ0) is 19.9. The number of hydrogen-bond donors (Lipinski definition) is 1. The van der Waals surface area contributed by atoms with Crippen LogP contribution in [-0.4, -0.2) is 27.8 Å². The van der Waals surface area contributed by atoms with E-state index in [1.54, 1.807) is 59.7 Å². The molecule has 7 heteroatoms. The minimum atomic E-state index is -0.109. The van der Waals surface area contributed by atoms with Crippen molar-refractivity contribution in [2.45, 2.75) is 19.8 Å². The van der Waals surface area contributed by atoms with Gasteiger partial charge >= 0.3 is 0 Å². The Hall–Kier alpha value is -3.12. The van der Waals surface area contributed by atoms with Crippen molar-refractivity contribution >= 4 is 29.0 Å². The van der Waals surface area contributed by atoms with Gasteiger partial charge in [-0.2, -0.15) is 0 Å². The Morgan fingerprint density at radius 2 is 1.96 bits per heavy atom. The van der Waals surface area contributed by atoms with Crippen LogP contribution in [0.15, 0.2) is 61.2 Å². The van der Waals surface area contributed by atoms with Gasteiger partial charge in [-0.15, -0.1) is 0 Å². The minimum absolute atomic E-state index is 0.0152. The third kappa shape index (κ3) is 5.20. The van der Waals surface area contributed by atoms with Gasteiger partial charge in [0.1, 0.15) is 5.75 Å². The van der Waals surface area contributed by atoms with E-state index in [1.807, 2.05) is 6.07 Å². The number of hydrogen-bond acceptors (Lipinski definition) is 4. The molecular formula is C21H20ClN3O3. The summed E-state index contributed by atoms with van der Waals surface area (Å²) in [5.41, 5.74) is 2.07. The van der Waals surface area contributed by atoms with Gasteiger partial charge < -0.3 is 14.6 Å². The Balaban J connectivity index is 1.44. The highest BCUT2D eigenvalue weighted by Crippen LogP contribution is 2.24. The van der Waals surface area contributed by atoms with Gasteiger partial charge in [-0.25, -0.2) is 4.98 Å². The van der Waals surface area contributed by atoms with Crippen LogP contribution in [0.5, 0.6) is 5.75 Å². The molecule has 3 aromatic rings. The molecule has 2 aromatic carbocycles. The molecule has 0 aliphatic heterocycles. The van der Waals surface area contributed by atoms with Crippen LogP contribution in [0.3, 0.4) is 0 Å². The van der Waals surface area contributed by atoms with Crippen LogP contribution < -0.4 is 10.1 Å². The summed E-state index contributed by atoms with van der Waals surface area (Å²) in [6.07, 6.45) is 6.03.